The van der Waals surface area contributed by atoms with Gasteiger partial charge in [0.25, 0.3) is 0 Å². The van der Waals surface area contributed by atoms with Gasteiger partial charge in [-0.25, -0.2) is 4.98 Å². The quantitative estimate of drug-likeness (QED) is 0.750. The van der Waals surface area contributed by atoms with E-state index in [4.69, 9.17) is 5.73 Å². The van der Waals surface area contributed by atoms with E-state index in [0.29, 0.717) is 5.95 Å². The molecule has 0 spiro atoms. The second-order valence-electron chi connectivity index (χ2n) is 4.02. The number of benzene rings is 1. The molecule has 2 N–H and O–H groups in total. The molecule has 0 saturated carbocycles. The van der Waals surface area contributed by atoms with Gasteiger partial charge in [0.15, 0.2) is 0 Å². The molecule has 2 heterocycles. The third-order valence-electron chi connectivity index (χ3n) is 2.97. The van der Waals surface area contributed by atoms with Crippen LogP contribution in [0.4, 0.5) is 5.95 Å². The maximum absolute atomic E-state index is 6.02. The van der Waals surface area contributed by atoms with Gasteiger partial charge in [0.1, 0.15) is 0 Å². The number of para-hydroxylation sites is 2. The predicted octanol–water partition coefficient (Wildman–Crippen LogP) is 3.29. The molecule has 1 aromatic carbocycles. The Labute approximate surface area is 104 Å². The van der Waals surface area contributed by atoms with E-state index in [0.717, 1.165) is 11.0 Å². The lowest BCUT2D eigenvalue weighted by atomic mass is 10.2. The maximum atomic E-state index is 6.02. The van der Waals surface area contributed by atoms with E-state index in [-0.39, 0.29) is 6.04 Å². The molecule has 17 heavy (non-hydrogen) atoms. The molecule has 2 aromatic heterocycles. The van der Waals surface area contributed by atoms with Crippen LogP contribution in [0.2, 0.25) is 0 Å². The van der Waals surface area contributed by atoms with E-state index >= 15 is 0 Å². The van der Waals surface area contributed by atoms with Gasteiger partial charge in [0, 0.05) is 4.88 Å². The minimum Gasteiger partial charge on any atom is -0.369 e. The smallest absolute Gasteiger partial charge is 0.201 e. The van der Waals surface area contributed by atoms with Crippen molar-refractivity contribution in [1.82, 2.24) is 9.55 Å². The van der Waals surface area contributed by atoms with Crippen molar-refractivity contribution in [3.05, 3.63) is 46.7 Å². The Morgan fingerprint density at radius 2 is 2.06 bits per heavy atom. The highest BCUT2D eigenvalue weighted by Gasteiger charge is 2.15. The molecule has 0 amide bonds. The van der Waals surface area contributed by atoms with Crippen molar-refractivity contribution in [3.63, 3.8) is 0 Å². The predicted molar refractivity (Wildman–Crippen MR) is 72.3 cm³/mol. The van der Waals surface area contributed by atoms with E-state index < -0.39 is 0 Å². The lowest BCUT2D eigenvalue weighted by Crippen LogP contribution is -2.08. The number of hydrogen-bond acceptors (Lipinski definition) is 3. The topological polar surface area (TPSA) is 43.8 Å². The molecule has 0 fully saturated rings. The van der Waals surface area contributed by atoms with Crippen LogP contribution in [0, 0.1) is 0 Å². The van der Waals surface area contributed by atoms with Crippen LogP contribution in [0.15, 0.2) is 41.8 Å². The summed E-state index contributed by atoms with van der Waals surface area (Å²) in [5.74, 6) is 0.576. The molecule has 1 atom stereocenters. The van der Waals surface area contributed by atoms with Crippen molar-refractivity contribution < 1.29 is 0 Å². The standard InChI is InChI=1S/C13H13N3S/c1-9(12-7-4-8-17-12)16-11-6-3-2-5-10(11)15-13(16)14/h2-9H,1H3,(H2,14,15). The van der Waals surface area contributed by atoms with Crippen molar-refractivity contribution in [3.8, 4) is 0 Å². The van der Waals surface area contributed by atoms with Gasteiger partial charge in [0.05, 0.1) is 17.1 Å². The highest BCUT2D eigenvalue weighted by atomic mass is 32.1. The molecule has 3 aromatic rings. The molecule has 0 aliphatic carbocycles. The maximum Gasteiger partial charge on any atom is 0.201 e. The molecule has 0 aliphatic heterocycles. The summed E-state index contributed by atoms with van der Waals surface area (Å²) < 4.78 is 2.08. The number of rotatable bonds is 2. The van der Waals surface area contributed by atoms with E-state index in [1.165, 1.54) is 4.88 Å². The number of nitrogen functional groups attached to an aromatic ring is 1. The molecule has 0 saturated heterocycles. The number of imidazole rings is 1. The molecular formula is C13H13N3S. The summed E-state index contributed by atoms with van der Waals surface area (Å²) in [7, 11) is 0. The first-order valence-corrected chi connectivity index (χ1v) is 6.41. The number of aromatic nitrogens is 2. The molecule has 3 rings (SSSR count). The molecule has 1 unspecified atom stereocenters. The van der Waals surface area contributed by atoms with Crippen molar-refractivity contribution in [2.75, 3.05) is 5.73 Å². The second kappa shape index (κ2) is 3.89. The molecule has 4 heteroatoms. The van der Waals surface area contributed by atoms with Crippen LogP contribution in [0.5, 0.6) is 0 Å². The molecular weight excluding hydrogens is 230 g/mol. The number of hydrogen-bond donors (Lipinski definition) is 1. The highest BCUT2D eigenvalue weighted by Crippen LogP contribution is 2.29. The Hall–Kier alpha value is -1.81. The summed E-state index contributed by atoms with van der Waals surface area (Å²) >= 11 is 1.74. The first kappa shape index (κ1) is 10.4. The van der Waals surface area contributed by atoms with Crippen molar-refractivity contribution in [1.29, 1.82) is 0 Å². The molecule has 0 radical (unpaired) electrons. The van der Waals surface area contributed by atoms with Gasteiger partial charge in [-0.05, 0) is 30.5 Å². The van der Waals surface area contributed by atoms with Gasteiger partial charge in [0.2, 0.25) is 5.95 Å². The minimum atomic E-state index is 0.224. The fourth-order valence-corrected chi connectivity index (χ4v) is 2.90. The zero-order valence-electron chi connectivity index (χ0n) is 9.50. The van der Waals surface area contributed by atoms with Crippen LogP contribution in [0.25, 0.3) is 11.0 Å². The number of anilines is 1. The molecule has 86 valence electrons. The van der Waals surface area contributed by atoms with Crippen molar-refractivity contribution in [2.24, 2.45) is 0 Å². The lowest BCUT2D eigenvalue weighted by Gasteiger charge is -2.14. The van der Waals surface area contributed by atoms with E-state index in [1.807, 2.05) is 18.2 Å². The average molecular weight is 243 g/mol. The van der Waals surface area contributed by atoms with Crippen LogP contribution in [0.3, 0.4) is 0 Å². The summed E-state index contributed by atoms with van der Waals surface area (Å²) in [6.07, 6.45) is 0. The van der Waals surface area contributed by atoms with Crippen LogP contribution < -0.4 is 5.73 Å². The van der Waals surface area contributed by atoms with E-state index in [9.17, 15) is 0 Å². The zero-order chi connectivity index (χ0) is 11.8. The third-order valence-corrected chi connectivity index (χ3v) is 4.01. The molecule has 3 nitrogen and oxygen atoms in total. The van der Waals surface area contributed by atoms with Crippen molar-refractivity contribution >= 4 is 28.3 Å². The van der Waals surface area contributed by atoms with E-state index in [1.54, 1.807) is 11.3 Å². The number of fused-ring (bicyclic) bond motifs is 1. The first-order valence-electron chi connectivity index (χ1n) is 5.53. The normalized spacial score (nSPS) is 13.0. The average Bonchev–Trinajstić information content (AvgIpc) is 2.94. The number of thiophene rings is 1. The highest BCUT2D eigenvalue weighted by molar-refractivity contribution is 7.10. The Morgan fingerprint density at radius 1 is 1.24 bits per heavy atom. The fraction of sp³-hybridized carbons (Fsp3) is 0.154. The first-order chi connectivity index (χ1) is 8.27. The summed E-state index contributed by atoms with van der Waals surface area (Å²) in [6, 6.07) is 12.5. The fourth-order valence-electron chi connectivity index (χ4n) is 2.13. The number of nitrogens with zero attached hydrogens (tertiary/aromatic N) is 2. The second-order valence-corrected chi connectivity index (χ2v) is 5.00. The summed E-state index contributed by atoms with van der Waals surface area (Å²) in [5, 5.41) is 2.08. The summed E-state index contributed by atoms with van der Waals surface area (Å²) in [5.41, 5.74) is 8.06. The molecule has 0 bridgehead atoms. The van der Waals surface area contributed by atoms with Gasteiger partial charge in [-0.2, -0.15) is 0 Å². The molecule has 0 aliphatic rings. The Morgan fingerprint density at radius 3 is 2.82 bits per heavy atom. The Balaban J connectivity index is 2.20. The van der Waals surface area contributed by atoms with Crippen LogP contribution in [0.1, 0.15) is 17.8 Å². The van der Waals surface area contributed by atoms with Gasteiger partial charge in [-0.15, -0.1) is 11.3 Å². The van der Waals surface area contributed by atoms with Crippen LogP contribution in [-0.4, -0.2) is 9.55 Å². The monoisotopic (exact) mass is 243 g/mol. The third kappa shape index (κ3) is 1.61. The lowest BCUT2D eigenvalue weighted by molar-refractivity contribution is 0.680. The Kier molecular flexibility index (Phi) is 2.37. The van der Waals surface area contributed by atoms with Gasteiger partial charge in [-0.3, -0.25) is 0 Å². The minimum absolute atomic E-state index is 0.224. The van der Waals surface area contributed by atoms with Gasteiger partial charge >= 0.3 is 0 Å². The van der Waals surface area contributed by atoms with Gasteiger partial charge in [-0.1, -0.05) is 18.2 Å². The SMILES string of the molecule is CC(c1cccs1)n1c(N)nc2ccccc21. The van der Waals surface area contributed by atoms with Crippen molar-refractivity contribution in [2.45, 2.75) is 13.0 Å². The Bertz CT molecular complexity index is 640. The summed E-state index contributed by atoms with van der Waals surface area (Å²) in [4.78, 5) is 5.68. The van der Waals surface area contributed by atoms with Crippen LogP contribution in [-0.2, 0) is 0 Å². The zero-order valence-corrected chi connectivity index (χ0v) is 10.3. The number of nitrogens with two attached hydrogens (primary N) is 1. The largest absolute Gasteiger partial charge is 0.369 e. The van der Waals surface area contributed by atoms with Crippen LogP contribution >= 0.6 is 11.3 Å². The van der Waals surface area contributed by atoms with Gasteiger partial charge < -0.3 is 10.3 Å². The summed E-state index contributed by atoms with van der Waals surface area (Å²) in [6.45, 7) is 2.15. The van der Waals surface area contributed by atoms with E-state index in [2.05, 4.69) is 40.1 Å².